The smallest absolute Gasteiger partial charge is 0.0919 e. The molecule has 0 saturated carbocycles. The van der Waals surface area contributed by atoms with E-state index in [1.165, 1.54) is 28.3 Å². The van der Waals surface area contributed by atoms with E-state index < -0.39 is 0 Å². The molecule has 3 heteroatoms. The standard InChI is InChI=1S/C37H39N3/c1-4-5-20-31-25(2)35-26(3)36-29-19-12-13-21-32(29)40(28-17-10-7-11-18-28)34(36)24-30(35)37-33(22-14-23-38-37)39(31)27-15-8-6-9-16-27/h4-11,13,15-18,20-21,23,26,33-34,36-37H,1,12,14,19,22,24H2,2-3H3/b20-5-. The summed E-state index contributed by atoms with van der Waals surface area (Å²) < 4.78 is 0. The highest BCUT2D eigenvalue weighted by molar-refractivity contribution is 5.69. The summed E-state index contributed by atoms with van der Waals surface area (Å²) in [4.78, 5) is 10.6. The summed E-state index contributed by atoms with van der Waals surface area (Å²) in [6.45, 7) is 8.88. The van der Waals surface area contributed by atoms with Gasteiger partial charge in [0.05, 0.1) is 12.1 Å². The van der Waals surface area contributed by atoms with Gasteiger partial charge in [0.25, 0.3) is 0 Å². The van der Waals surface area contributed by atoms with Crippen molar-refractivity contribution in [2.45, 2.75) is 64.1 Å². The van der Waals surface area contributed by atoms with Crippen molar-refractivity contribution >= 4 is 17.6 Å². The fourth-order valence-corrected chi connectivity index (χ4v) is 8.32. The third kappa shape index (κ3) is 3.90. The van der Waals surface area contributed by atoms with E-state index in [-0.39, 0.29) is 12.1 Å². The number of para-hydroxylation sites is 2. The van der Waals surface area contributed by atoms with E-state index in [9.17, 15) is 0 Å². The van der Waals surface area contributed by atoms with Crippen LogP contribution in [0.15, 0.2) is 136 Å². The number of benzene rings is 2. The predicted octanol–water partition coefficient (Wildman–Crippen LogP) is 8.57. The van der Waals surface area contributed by atoms with Gasteiger partial charge in [0.2, 0.25) is 0 Å². The van der Waals surface area contributed by atoms with Crippen molar-refractivity contribution in [1.29, 1.82) is 0 Å². The van der Waals surface area contributed by atoms with Crippen molar-refractivity contribution in [2.75, 3.05) is 9.80 Å². The molecule has 202 valence electrons. The van der Waals surface area contributed by atoms with Crippen LogP contribution >= 0.6 is 0 Å². The summed E-state index contributed by atoms with van der Waals surface area (Å²) in [5.74, 6) is 0.923. The molecule has 0 fully saturated rings. The van der Waals surface area contributed by atoms with Crippen molar-refractivity contribution in [3.63, 3.8) is 0 Å². The van der Waals surface area contributed by atoms with E-state index in [0.29, 0.717) is 17.9 Å². The number of hydrogen-bond acceptors (Lipinski definition) is 3. The maximum atomic E-state index is 5.32. The van der Waals surface area contributed by atoms with Crippen LogP contribution in [0.1, 0.15) is 46.0 Å². The number of hydrogen-bond donors (Lipinski definition) is 0. The van der Waals surface area contributed by atoms with Crippen LogP contribution < -0.4 is 9.80 Å². The molecule has 5 atom stereocenters. The summed E-state index contributed by atoms with van der Waals surface area (Å²) in [5, 5.41) is 0. The van der Waals surface area contributed by atoms with Crippen LogP contribution in [0, 0.1) is 11.8 Å². The first-order valence-corrected chi connectivity index (χ1v) is 15.0. The lowest BCUT2D eigenvalue weighted by Crippen LogP contribution is -2.47. The van der Waals surface area contributed by atoms with Crippen LogP contribution in [-0.2, 0) is 0 Å². The highest BCUT2D eigenvalue weighted by Crippen LogP contribution is 2.55. The van der Waals surface area contributed by atoms with Gasteiger partial charge in [-0.05, 0) is 110 Å². The lowest BCUT2D eigenvalue weighted by atomic mass is 9.66. The molecule has 3 aliphatic heterocycles. The Bertz CT molecular complexity index is 1490. The minimum absolute atomic E-state index is 0.155. The molecule has 0 spiro atoms. The number of anilines is 2. The molecule has 2 aliphatic carbocycles. The Morgan fingerprint density at radius 2 is 1.62 bits per heavy atom. The summed E-state index contributed by atoms with van der Waals surface area (Å²) in [5.41, 5.74) is 11.5. The van der Waals surface area contributed by atoms with E-state index in [2.05, 4.69) is 121 Å². The van der Waals surface area contributed by atoms with E-state index in [0.717, 1.165) is 32.1 Å². The van der Waals surface area contributed by atoms with E-state index in [4.69, 9.17) is 4.99 Å². The third-order valence-corrected chi connectivity index (χ3v) is 9.78. The fraction of sp³-hybridized carbons (Fsp3) is 0.324. The van der Waals surface area contributed by atoms with E-state index in [1.807, 2.05) is 6.08 Å². The summed E-state index contributed by atoms with van der Waals surface area (Å²) >= 11 is 0. The molecular weight excluding hydrogens is 486 g/mol. The maximum Gasteiger partial charge on any atom is 0.0919 e. The van der Waals surface area contributed by atoms with Crippen molar-refractivity contribution in [1.82, 2.24) is 0 Å². The highest BCUT2D eigenvalue weighted by atomic mass is 15.2. The fourth-order valence-electron chi connectivity index (χ4n) is 8.32. The molecule has 0 N–H and O–H groups in total. The van der Waals surface area contributed by atoms with Gasteiger partial charge in [-0.25, -0.2) is 0 Å². The molecular formula is C37H39N3. The number of allylic oxidation sites excluding steroid dienone is 7. The maximum absolute atomic E-state index is 5.32. The average molecular weight is 526 g/mol. The minimum Gasteiger partial charge on any atom is -0.337 e. The predicted molar refractivity (Wildman–Crippen MR) is 169 cm³/mol. The Hall–Kier alpha value is -3.85. The Balaban J connectivity index is 1.43. The van der Waals surface area contributed by atoms with Gasteiger partial charge in [-0.2, -0.15) is 0 Å². The van der Waals surface area contributed by atoms with Crippen LogP contribution in [-0.4, -0.2) is 24.3 Å². The van der Waals surface area contributed by atoms with Crippen LogP contribution in [0.2, 0.25) is 0 Å². The molecule has 5 aliphatic rings. The molecule has 2 aromatic rings. The first-order chi connectivity index (χ1) is 19.7. The van der Waals surface area contributed by atoms with Gasteiger partial charge in [0.1, 0.15) is 0 Å². The number of aliphatic imine (C=N–C) groups is 1. The van der Waals surface area contributed by atoms with Crippen LogP contribution in [0.25, 0.3) is 0 Å². The molecule has 3 nitrogen and oxygen atoms in total. The third-order valence-electron chi connectivity index (χ3n) is 9.78. The molecule has 40 heavy (non-hydrogen) atoms. The molecule has 7 rings (SSSR count). The largest absolute Gasteiger partial charge is 0.337 e. The second kappa shape index (κ2) is 10.3. The zero-order valence-electron chi connectivity index (χ0n) is 23.7. The molecule has 2 aromatic carbocycles. The number of rotatable bonds is 4. The normalized spacial score (nSPS) is 29.4. The van der Waals surface area contributed by atoms with Gasteiger partial charge in [-0.3, -0.25) is 4.99 Å². The first kappa shape index (κ1) is 25.1. The van der Waals surface area contributed by atoms with E-state index >= 15 is 0 Å². The Labute approximate surface area is 239 Å². The Morgan fingerprint density at radius 3 is 2.35 bits per heavy atom. The minimum atomic E-state index is 0.155. The van der Waals surface area contributed by atoms with Crippen molar-refractivity contribution in [3.8, 4) is 0 Å². The monoisotopic (exact) mass is 525 g/mol. The lowest BCUT2D eigenvalue weighted by Gasteiger charge is -2.43. The molecule has 5 unspecified atom stereocenters. The van der Waals surface area contributed by atoms with Crippen LogP contribution in [0.4, 0.5) is 11.4 Å². The second-order valence-corrected chi connectivity index (χ2v) is 11.8. The van der Waals surface area contributed by atoms with Crippen LogP contribution in [0.5, 0.6) is 0 Å². The topological polar surface area (TPSA) is 18.8 Å². The molecule has 0 saturated heterocycles. The van der Waals surface area contributed by atoms with Crippen molar-refractivity contribution in [3.05, 3.63) is 131 Å². The zero-order chi connectivity index (χ0) is 27.2. The van der Waals surface area contributed by atoms with Gasteiger partial charge in [-0.15, -0.1) is 0 Å². The highest BCUT2D eigenvalue weighted by Gasteiger charge is 2.51. The summed E-state index contributed by atoms with van der Waals surface area (Å²) in [7, 11) is 0. The van der Waals surface area contributed by atoms with Gasteiger partial charge in [0.15, 0.2) is 0 Å². The Kier molecular flexibility index (Phi) is 6.46. The van der Waals surface area contributed by atoms with E-state index in [1.54, 1.807) is 16.7 Å². The van der Waals surface area contributed by atoms with Crippen LogP contribution in [0.3, 0.4) is 0 Å². The van der Waals surface area contributed by atoms with Gasteiger partial charge in [0, 0.05) is 34.7 Å². The summed E-state index contributed by atoms with van der Waals surface area (Å²) in [6, 6.07) is 22.9. The van der Waals surface area contributed by atoms with Gasteiger partial charge in [-0.1, -0.05) is 68.1 Å². The number of fused-ring (bicyclic) bond motifs is 4. The van der Waals surface area contributed by atoms with Gasteiger partial charge >= 0.3 is 0 Å². The Morgan fingerprint density at radius 1 is 0.900 bits per heavy atom. The lowest BCUT2D eigenvalue weighted by molar-refractivity contribution is 0.353. The van der Waals surface area contributed by atoms with Gasteiger partial charge < -0.3 is 9.80 Å². The molecule has 0 radical (unpaired) electrons. The SMILES string of the molecule is C=C/C=C\C1=C(C)C2=C(CC3C(C4=C(C=CCC4)N3c3ccccc3)C2C)C2N=CCCC2N1c1ccccc1. The molecule has 3 heterocycles. The molecule has 0 aromatic heterocycles. The average Bonchev–Trinajstić information content (AvgIpc) is 3.29. The number of nitrogens with zero attached hydrogens (tertiary/aromatic N) is 3. The quantitative estimate of drug-likeness (QED) is 0.372. The second-order valence-electron chi connectivity index (χ2n) is 11.8. The van der Waals surface area contributed by atoms with Crippen molar-refractivity contribution in [2.24, 2.45) is 16.8 Å². The van der Waals surface area contributed by atoms with Crippen molar-refractivity contribution < 1.29 is 0 Å². The summed E-state index contributed by atoms with van der Waals surface area (Å²) in [6.07, 6.45) is 18.7. The first-order valence-electron chi connectivity index (χ1n) is 15.0. The molecule has 0 amide bonds. The molecule has 0 bridgehead atoms. The zero-order valence-corrected chi connectivity index (χ0v) is 23.7.